The molecule has 1 aromatic heterocycles. The molecule has 0 aliphatic carbocycles. The standard InChI is InChI=1S/C19H22BrNO6/c1-11-17(18(20)12(2)27-11)19(23)21(10-16(22)26-5)9-13-6-14(24-3)8-15(7-13)25-4/h6-8H,9-10H2,1-5H3. The highest BCUT2D eigenvalue weighted by atomic mass is 79.9. The molecule has 0 saturated carbocycles. The van der Waals surface area contributed by atoms with Gasteiger partial charge in [0.1, 0.15) is 29.6 Å². The topological polar surface area (TPSA) is 78.2 Å². The van der Waals surface area contributed by atoms with Crippen molar-refractivity contribution < 1.29 is 28.2 Å². The zero-order valence-corrected chi connectivity index (χ0v) is 17.5. The van der Waals surface area contributed by atoms with Crippen LogP contribution in [-0.4, -0.2) is 44.7 Å². The Morgan fingerprint density at radius 1 is 1.04 bits per heavy atom. The molecule has 2 aromatic rings. The Kier molecular flexibility index (Phi) is 6.90. The van der Waals surface area contributed by atoms with Crippen molar-refractivity contribution in [2.24, 2.45) is 0 Å². The number of amides is 1. The third-order valence-electron chi connectivity index (χ3n) is 4.02. The number of benzene rings is 1. The van der Waals surface area contributed by atoms with Gasteiger partial charge >= 0.3 is 5.97 Å². The minimum atomic E-state index is -0.521. The molecule has 0 bridgehead atoms. The summed E-state index contributed by atoms with van der Waals surface area (Å²) >= 11 is 3.39. The van der Waals surface area contributed by atoms with E-state index in [9.17, 15) is 9.59 Å². The molecule has 0 aliphatic heterocycles. The van der Waals surface area contributed by atoms with Crippen molar-refractivity contribution in [3.63, 3.8) is 0 Å². The lowest BCUT2D eigenvalue weighted by molar-refractivity contribution is -0.141. The summed E-state index contributed by atoms with van der Waals surface area (Å²) in [7, 11) is 4.37. The van der Waals surface area contributed by atoms with Crippen LogP contribution in [0.15, 0.2) is 27.1 Å². The summed E-state index contributed by atoms with van der Waals surface area (Å²) < 4.78 is 21.4. The smallest absolute Gasteiger partial charge is 0.325 e. The summed E-state index contributed by atoms with van der Waals surface area (Å²) in [5.41, 5.74) is 1.13. The zero-order chi connectivity index (χ0) is 20.1. The summed E-state index contributed by atoms with van der Waals surface area (Å²) in [6.45, 7) is 3.42. The van der Waals surface area contributed by atoms with E-state index in [1.807, 2.05) is 0 Å². The highest BCUT2D eigenvalue weighted by molar-refractivity contribution is 9.10. The van der Waals surface area contributed by atoms with Crippen LogP contribution in [0.1, 0.15) is 27.4 Å². The number of furan rings is 1. The quantitative estimate of drug-likeness (QED) is 0.614. The molecular formula is C19H22BrNO6. The predicted octanol–water partition coefficient (Wildman–Crippen LogP) is 3.49. The Bertz CT molecular complexity index is 823. The average molecular weight is 440 g/mol. The van der Waals surface area contributed by atoms with E-state index in [1.165, 1.54) is 12.0 Å². The van der Waals surface area contributed by atoms with Crippen molar-refractivity contribution in [2.75, 3.05) is 27.9 Å². The minimum Gasteiger partial charge on any atom is -0.497 e. The second-order valence-corrected chi connectivity index (χ2v) is 6.65. The summed E-state index contributed by atoms with van der Waals surface area (Å²) in [6.07, 6.45) is 0. The lowest BCUT2D eigenvalue weighted by atomic mass is 10.1. The van der Waals surface area contributed by atoms with Gasteiger partial charge in [0.15, 0.2) is 0 Å². The fraction of sp³-hybridized carbons (Fsp3) is 0.368. The molecule has 1 amide bonds. The Labute approximate surface area is 166 Å². The van der Waals surface area contributed by atoms with Crippen LogP contribution in [-0.2, 0) is 16.1 Å². The molecule has 0 spiro atoms. The molecule has 8 heteroatoms. The predicted molar refractivity (Wildman–Crippen MR) is 102 cm³/mol. The van der Waals surface area contributed by atoms with Crippen LogP contribution in [0.4, 0.5) is 0 Å². The Hall–Kier alpha value is -2.48. The molecule has 1 heterocycles. The monoisotopic (exact) mass is 439 g/mol. The maximum Gasteiger partial charge on any atom is 0.325 e. The van der Waals surface area contributed by atoms with E-state index in [0.29, 0.717) is 33.1 Å². The third-order valence-corrected chi connectivity index (χ3v) is 4.98. The fourth-order valence-electron chi connectivity index (χ4n) is 2.66. The number of rotatable bonds is 7. The number of carbonyl (C=O) groups is 2. The maximum absolute atomic E-state index is 13.1. The third kappa shape index (κ3) is 4.82. The SMILES string of the molecule is COC(=O)CN(Cc1cc(OC)cc(OC)c1)C(=O)c1c(C)oc(C)c1Br. The Morgan fingerprint density at radius 3 is 2.07 bits per heavy atom. The van der Waals surface area contributed by atoms with Gasteiger partial charge in [-0.2, -0.15) is 0 Å². The fourth-order valence-corrected chi connectivity index (χ4v) is 3.19. The van der Waals surface area contributed by atoms with Crippen molar-refractivity contribution in [2.45, 2.75) is 20.4 Å². The van der Waals surface area contributed by atoms with Crippen molar-refractivity contribution in [3.8, 4) is 11.5 Å². The van der Waals surface area contributed by atoms with Crippen LogP contribution in [0.5, 0.6) is 11.5 Å². The van der Waals surface area contributed by atoms with Crippen molar-refractivity contribution in [1.82, 2.24) is 4.90 Å². The van der Waals surface area contributed by atoms with E-state index in [-0.39, 0.29) is 19.0 Å². The van der Waals surface area contributed by atoms with Gasteiger partial charge in [-0.05, 0) is 47.5 Å². The molecule has 7 nitrogen and oxygen atoms in total. The molecule has 0 N–H and O–H groups in total. The Morgan fingerprint density at radius 2 is 1.63 bits per heavy atom. The highest BCUT2D eigenvalue weighted by Gasteiger charge is 2.27. The van der Waals surface area contributed by atoms with Gasteiger partial charge < -0.3 is 23.5 Å². The Balaban J connectivity index is 2.40. The number of hydrogen-bond donors (Lipinski definition) is 0. The normalized spacial score (nSPS) is 10.4. The molecular weight excluding hydrogens is 418 g/mol. The maximum atomic E-state index is 13.1. The summed E-state index contributed by atoms with van der Waals surface area (Å²) in [5, 5.41) is 0. The van der Waals surface area contributed by atoms with Gasteiger partial charge in [0.2, 0.25) is 0 Å². The second kappa shape index (κ2) is 8.94. The molecule has 0 aliphatic rings. The van der Waals surface area contributed by atoms with Gasteiger partial charge in [-0.15, -0.1) is 0 Å². The number of methoxy groups -OCH3 is 3. The van der Waals surface area contributed by atoms with E-state index in [0.717, 1.165) is 5.56 Å². The lowest BCUT2D eigenvalue weighted by Crippen LogP contribution is -2.36. The summed E-state index contributed by atoms with van der Waals surface area (Å²) in [5.74, 6) is 1.38. The van der Waals surface area contributed by atoms with Gasteiger partial charge in [-0.25, -0.2) is 0 Å². The van der Waals surface area contributed by atoms with Gasteiger partial charge in [0.05, 0.1) is 31.4 Å². The van der Waals surface area contributed by atoms with Crippen LogP contribution in [0.25, 0.3) is 0 Å². The molecule has 27 heavy (non-hydrogen) atoms. The number of aryl methyl sites for hydroxylation is 2. The molecule has 0 saturated heterocycles. The van der Waals surface area contributed by atoms with Gasteiger partial charge in [0.25, 0.3) is 5.91 Å². The van der Waals surface area contributed by atoms with E-state index >= 15 is 0 Å². The van der Waals surface area contributed by atoms with Crippen LogP contribution >= 0.6 is 15.9 Å². The number of hydrogen-bond acceptors (Lipinski definition) is 6. The zero-order valence-electron chi connectivity index (χ0n) is 15.9. The van der Waals surface area contributed by atoms with Crippen molar-refractivity contribution in [1.29, 1.82) is 0 Å². The summed E-state index contributed by atoms with van der Waals surface area (Å²) in [4.78, 5) is 26.4. The first kappa shape index (κ1) is 20.8. The van der Waals surface area contributed by atoms with Crippen LogP contribution in [0.2, 0.25) is 0 Å². The molecule has 0 unspecified atom stereocenters. The largest absolute Gasteiger partial charge is 0.497 e. The molecule has 1 aromatic carbocycles. The van der Waals surface area contributed by atoms with Gasteiger partial charge in [-0.1, -0.05) is 0 Å². The number of nitrogens with zero attached hydrogens (tertiary/aromatic N) is 1. The first-order valence-corrected chi connectivity index (χ1v) is 8.93. The molecule has 0 fully saturated rings. The van der Waals surface area contributed by atoms with Crippen LogP contribution in [0, 0.1) is 13.8 Å². The van der Waals surface area contributed by atoms with Crippen molar-refractivity contribution in [3.05, 3.63) is 45.3 Å². The van der Waals surface area contributed by atoms with E-state index in [1.54, 1.807) is 46.3 Å². The molecule has 2 rings (SSSR count). The minimum absolute atomic E-state index is 0.164. The van der Waals surface area contributed by atoms with E-state index in [4.69, 9.17) is 18.6 Å². The molecule has 0 radical (unpaired) electrons. The van der Waals surface area contributed by atoms with E-state index in [2.05, 4.69) is 15.9 Å². The first-order valence-electron chi connectivity index (χ1n) is 8.14. The molecule has 0 atom stereocenters. The van der Waals surface area contributed by atoms with Crippen molar-refractivity contribution >= 4 is 27.8 Å². The highest BCUT2D eigenvalue weighted by Crippen LogP contribution is 2.30. The second-order valence-electron chi connectivity index (χ2n) is 5.86. The first-order chi connectivity index (χ1) is 12.8. The number of carbonyl (C=O) groups excluding carboxylic acids is 2. The summed E-state index contributed by atoms with van der Waals surface area (Å²) in [6, 6.07) is 5.29. The molecule has 146 valence electrons. The van der Waals surface area contributed by atoms with Gasteiger partial charge in [-0.3, -0.25) is 9.59 Å². The van der Waals surface area contributed by atoms with Crippen LogP contribution < -0.4 is 9.47 Å². The van der Waals surface area contributed by atoms with Gasteiger partial charge in [0, 0.05) is 12.6 Å². The average Bonchev–Trinajstić information content (AvgIpc) is 2.91. The number of ether oxygens (including phenoxy) is 3. The van der Waals surface area contributed by atoms with Crippen LogP contribution in [0.3, 0.4) is 0 Å². The number of halogens is 1. The number of esters is 1. The van der Waals surface area contributed by atoms with E-state index < -0.39 is 5.97 Å². The lowest BCUT2D eigenvalue weighted by Gasteiger charge is -2.22.